The summed E-state index contributed by atoms with van der Waals surface area (Å²) in [5.41, 5.74) is 0.960. The smallest absolute Gasteiger partial charge is 0.206 e. The Bertz CT molecular complexity index is 526. The van der Waals surface area contributed by atoms with Crippen LogP contribution in [0, 0.1) is 0 Å². The molecule has 2 N–H and O–H groups in total. The monoisotopic (exact) mass is 274 g/mol. The molecule has 1 heterocycles. The number of thiol groups is 1. The van der Waals surface area contributed by atoms with Gasteiger partial charge in [0.1, 0.15) is 0 Å². The van der Waals surface area contributed by atoms with E-state index in [2.05, 4.69) is 22.8 Å². The minimum absolute atomic E-state index is 0.370. The number of rotatable bonds is 2. The Morgan fingerprint density at radius 2 is 2.00 bits per heavy atom. The van der Waals surface area contributed by atoms with Gasteiger partial charge < -0.3 is 5.84 Å². The molecule has 16 heavy (non-hydrogen) atoms. The van der Waals surface area contributed by atoms with Crippen LogP contribution in [0.1, 0.15) is 11.4 Å². The first-order valence-corrected chi connectivity index (χ1v) is 5.60. The van der Waals surface area contributed by atoms with Crippen LogP contribution in [-0.4, -0.2) is 14.9 Å². The molecule has 0 spiro atoms. The molecule has 0 aliphatic heterocycles. The average molecular weight is 275 g/mol. The fraction of sp³-hybridized carbons (Fsp3) is 0.111. The van der Waals surface area contributed by atoms with E-state index in [9.17, 15) is 0 Å². The zero-order valence-corrected chi connectivity index (χ0v) is 10.5. The van der Waals surface area contributed by atoms with E-state index in [1.54, 1.807) is 12.1 Å². The van der Waals surface area contributed by atoms with Crippen molar-refractivity contribution in [1.29, 1.82) is 0 Å². The first kappa shape index (κ1) is 11.6. The SMILES string of the molecule is Nn1c(S)nnc1Cc1ccc(Cl)c(Cl)c1. The number of halogens is 2. The van der Waals surface area contributed by atoms with Crippen molar-refractivity contribution < 1.29 is 0 Å². The molecule has 0 bridgehead atoms. The first-order valence-electron chi connectivity index (χ1n) is 4.40. The van der Waals surface area contributed by atoms with Crippen molar-refractivity contribution >= 4 is 35.8 Å². The predicted molar refractivity (Wildman–Crippen MR) is 66.7 cm³/mol. The fourth-order valence-corrected chi connectivity index (χ4v) is 1.75. The highest BCUT2D eigenvalue weighted by atomic mass is 35.5. The first-order chi connectivity index (χ1) is 7.58. The Morgan fingerprint density at radius 1 is 1.25 bits per heavy atom. The number of aromatic nitrogens is 3. The summed E-state index contributed by atoms with van der Waals surface area (Å²) >= 11 is 15.8. The van der Waals surface area contributed by atoms with Gasteiger partial charge >= 0.3 is 0 Å². The standard InChI is InChI=1S/C9H8Cl2N4S/c10-6-2-1-5(3-7(6)11)4-8-13-14-9(16)15(8)12/h1-3H,4,12H2,(H,14,16). The number of nitrogen functional groups attached to an aromatic ring is 1. The van der Waals surface area contributed by atoms with Crippen LogP contribution < -0.4 is 5.84 Å². The Balaban J connectivity index is 2.27. The van der Waals surface area contributed by atoms with Crippen molar-refractivity contribution in [2.45, 2.75) is 11.6 Å². The maximum atomic E-state index is 5.90. The van der Waals surface area contributed by atoms with Crippen LogP contribution >= 0.6 is 35.8 Å². The molecule has 0 radical (unpaired) electrons. The highest BCUT2D eigenvalue weighted by Crippen LogP contribution is 2.23. The van der Waals surface area contributed by atoms with Gasteiger partial charge in [0, 0.05) is 6.42 Å². The summed E-state index contributed by atoms with van der Waals surface area (Å²) in [7, 11) is 0. The van der Waals surface area contributed by atoms with E-state index in [0.29, 0.717) is 27.4 Å². The van der Waals surface area contributed by atoms with Gasteiger partial charge in [0.2, 0.25) is 5.16 Å². The number of benzene rings is 1. The zero-order valence-electron chi connectivity index (χ0n) is 8.06. The van der Waals surface area contributed by atoms with Crippen molar-refractivity contribution in [2.24, 2.45) is 0 Å². The molecule has 0 unspecified atom stereocenters. The number of hydrogen-bond acceptors (Lipinski definition) is 4. The van der Waals surface area contributed by atoms with Gasteiger partial charge in [-0.05, 0) is 17.7 Å². The predicted octanol–water partition coefficient (Wildman–Crippen LogP) is 2.18. The molecular formula is C9H8Cl2N4S. The fourth-order valence-electron chi connectivity index (χ4n) is 1.27. The van der Waals surface area contributed by atoms with Crippen LogP contribution in [0.25, 0.3) is 0 Å². The summed E-state index contributed by atoms with van der Waals surface area (Å²) < 4.78 is 1.33. The molecule has 0 aliphatic carbocycles. The molecule has 1 aromatic carbocycles. The quantitative estimate of drug-likeness (QED) is 0.652. The molecule has 0 atom stereocenters. The van der Waals surface area contributed by atoms with E-state index >= 15 is 0 Å². The molecule has 2 aromatic rings. The highest BCUT2D eigenvalue weighted by Gasteiger charge is 2.08. The molecule has 0 aliphatic rings. The molecule has 84 valence electrons. The second-order valence-corrected chi connectivity index (χ2v) is 4.43. The number of hydrogen-bond donors (Lipinski definition) is 2. The molecule has 0 fully saturated rings. The van der Waals surface area contributed by atoms with Crippen LogP contribution in [0.2, 0.25) is 10.0 Å². The maximum absolute atomic E-state index is 5.90. The second kappa shape index (κ2) is 4.53. The molecule has 4 nitrogen and oxygen atoms in total. The van der Waals surface area contributed by atoms with Gasteiger partial charge in [-0.1, -0.05) is 29.3 Å². The van der Waals surface area contributed by atoms with Crippen LogP contribution in [0.15, 0.2) is 23.4 Å². The third-order valence-corrected chi connectivity index (χ3v) is 3.14. The van der Waals surface area contributed by atoms with Gasteiger partial charge in [-0.15, -0.1) is 22.8 Å². The van der Waals surface area contributed by atoms with Gasteiger partial charge in [-0.3, -0.25) is 0 Å². The third kappa shape index (κ3) is 2.26. The lowest BCUT2D eigenvalue weighted by molar-refractivity contribution is 0.809. The van der Waals surface area contributed by atoms with E-state index in [-0.39, 0.29) is 0 Å². The topological polar surface area (TPSA) is 56.7 Å². The largest absolute Gasteiger partial charge is 0.336 e. The van der Waals surface area contributed by atoms with Gasteiger partial charge in [-0.25, -0.2) is 4.68 Å². The van der Waals surface area contributed by atoms with Crippen LogP contribution in [-0.2, 0) is 6.42 Å². The highest BCUT2D eigenvalue weighted by molar-refractivity contribution is 7.80. The lowest BCUT2D eigenvalue weighted by Gasteiger charge is -2.03. The summed E-state index contributed by atoms with van der Waals surface area (Å²) in [6.07, 6.45) is 0.529. The van der Waals surface area contributed by atoms with E-state index in [1.807, 2.05) is 6.07 Å². The summed E-state index contributed by atoms with van der Waals surface area (Å²) in [5.74, 6) is 6.29. The van der Waals surface area contributed by atoms with Gasteiger partial charge in [0.05, 0.1) is 10.0 Å². The van der Waals surface area contributed by atoms with Gasteiger partial charge in [0.15, 0.2) is 5.82 Å². The molecule has 1 aromatic heterocycles. The van der Waals surface area contributed by atoms with Crippen LogP contribution in [0.5, 0.6) is 0 Å². The zero-order chi connectivity index (χ0) is 11.7. The summed E-state index contributed by atoms with van der Waals surface area (Å²) in [6, 6.07) is 5.37. The molecule has 0 amide bonds. The van der Waals surface area contributed by atoms with Crippen molar-refractivity contribution in [3.63, 3.8) is 0 Å². The van der Waals surface area contributed by atoms with E-state index in [4.69, 9.17) is 29.0 Å². The lowest BCUT2D eigenvalue weighted by atomic mass is 10.1. The molecule has 0 saturated heterocycles. The minimum Gasteiger partial charge on any atom is -0.336 e. The molecule has 7 heteroatoms. The van der Waals surface area contributed by atoms with Crippen molar-refractivity contribution in [2.75, 3.05) is 5.84 Å². The summed E-state index contributed by atoms with van der Waals surface area (Å²) in [5, 5.41) is 9.04. The number of nitrogens with two attached hydrogens (primary N) is 1. The van der Waals surface area contributed by atoms with Gasteiger partial charge in [-0.2, -0.15) is 0 Å². The minimum atomic E-state index is 0.370. The average Bonchev–Trinajstić information content (AvgIpc) is 2.55. The van der Waals surface area contributed by atoms with Crippen molar-refractivity contribution in [3.8, 4) is 0 Å². The molecule has 2 rings (SSSR count). The Morgan fingerprint density at radius 3 is 2.56 bits per heavy atom. The Hall–Kier alpha value is -0.910. The molecular weight excluding hydrogens is 267 g/mol. The third-order valence-electron chi connectivity index (χ3n) is 2.09. The van der Waals surface area contributed by atoms with Crippen LogP contribution in [0.4, 0.5) is 0 Å². The second-order valence-electron chi connectivity index (χ2n) is 3.21. The van der Waals surface area contributed by atoms with E-state index < -0.39 is 0 Å². The number of nitrogens with zero attached hydrogens (tertiary/aromatic N) is 3. The summed E-state index contributed by atoms with van der Waals surface area (Å²) in [6.45, 7) is 0. The lowest BCUT2D eigenvalue weighted by Crippen LogP contribution is -2.13. The normalized spacial score (nSPS) is 10.7. The van der Waals surface area contributed by atoms with Crippen molar-refractivity contribution in [1.82, 2.24) is 14.9 Å². The Labute approximate surface area is 108 Å². The maximum Gasteiger partial charge on any atom is 0.206 e. The molecule has 0 saturated carbocycles. The summed E-state index contributed by atoms with van der Waals surface area (Å²) in [4.78, 5) is 0. The van der Waals surface area contributed by atoms with Crippen LogP contribution in [0.3, 0.4) is 0 Å². The van der Waals surface area contributed by atoms with E-state index in [0.717, 1.165) is 5.56 Å². The van der Waals surface area contributed by atoms with Gasteiger partial charge in [0.25, 0.3) is 0 Å². The Kier molecular flexibility index (Phi) is 3.28. The van der Waals surface area contributed by atoms with E-state index in [1.165, 1.54) is 4.68 Å². The van der Waals surface area contributed by atoms with Crippen molar-refractivity contribution in [3.05, 3.63) is 39.6 Å².